The van der Waals surface area contributed by atoms with Crippen LogP contribution in [0.4, 0.5) is 5.82 Å². The summed E-state index contributed by atoms with van der Waals surface area (Å²) in [5, 5.41) is 8.54. The average molecular weight is 307 g/mol. The molecule has 0 saturated heterocycles. The van der Waals surface area contributed by atoms with Gasteiger partial charge in [0.15, 0.2) is 0 Å². The fourth-order valence-corrected chi connectivity index (χ4v) is 1.47. The number of nitrogen functional groups attached to an aromatic ring is 1. The Balaban J connectivity index is 2.85. The van der Waals surface area contributed by atoms with Crippen LogP contribution in [0.3, 0.4) is 0 Å². The fraction of sp³-hybridized carbons (Fsp3) is 0.250. The van der Waals surface area contributed by atoms with Crippen LogP contribution in [-0.4, -0.2) is 16.1 Å². The molecule has 1 heterocycles. The average Bonchev–Trinajstić information content (AvgIpc) is 2.08. The van der Waals surface area contributed by atoms with Gasteiger partial charge in [0.1, 0.15) is 5.82 Å². The maximum atomic E-state index is 10.4. The second kappa shape index (κ2) is 4.56. The highest BCUT2D eigenvalue weighted by atomic mass is 127. The summed E-state index contributed by atoms with van der Waals surface area (Å²) >= 11 is 2.03. The van der Waals surface area contributed by atoms with Gasteiger partial charge in [-0.05, 0) is 34.2 Å². The maximum absolute atomic E-state index is 10.4. The summed E-state index contributed by atoms with van der Waals surface area (Å²) in [6.45, 7) is 0. The minimum absolute atomic E-state index is 0.109. The summed E-state index contributed by atoms with van der Waals surface area (Å²) in [5.74, 6) is -0.499. The Kier molecular flexibility index (Phi) is 3.64. The van der Waals surface area contributed by atoms with Crippen molar-refractivity contribution >= 4 is 34.4 Å². The van der Waals surface area contributed by atoms with E-state index in [1.165, 1.54) is 6.20 Å². The Hall–Kier alpha value is -0.890. The molecule has 5 nitrogen and oxygen atoms in total. The number of carbonyl (C=O) groups is 1. The van der Waals surface area contributed by atoms with E-state index >= 15 is 0 Å². The minimum Gasteiger partial charge on any atom is -0.481 e. The van der Waals surface area contributed by atoms with Crippen LogP contribution < -0.4 is 11.5 Å². The van der Waals surface area contributed by atoms with E-state index in [0.29, 0.717) is 11.4 Å². The van der Waals surface area contributed by atoms with Gasteiger partial charge in [0, 0.05) is 12.2 Å². The fourth-order valence-electron chi connectivity index (χ4n) is 0.972. The zero-order valence-electron chi connectivity index (χ0n) is 7.27. The maximum Gasteiger partial charge on any atom is 0.305 e. The van der Waals surface area contributed by atoms with Crippen molar-refractivity contribution in [3.8, 4) is 0 Å². The summed E-state index contributed by atoms with van der Waals surface area (Å²) in [6.07, 6.45) is 1.40. The SMILES string of the molecule is Nc1ncc([C@H](N)CC(=O)O)cc1I. The first-order valence-corrected chi connectivity index (χ1v) is 4.97. The van der Waals surface area contributed by atoms with E-state index in [0.717, 1.165) is 3.57 Å². The lowest BCUT2D eigenvalue weighted by Crippen LogP contribution is -2.15. The van der Waals surface area contributed by atoms with E-state index in [1.807, 2.05) is 22.6 Å². The number of hydrogen-bond donors (Lipinski definition) is 3. The molecular formula is C8H10IN3O2. The molecule has 0 spiro atoms. The summed E-state index contributed by atoms with van der Waals surface area (Å²) in [4.78, 5) is 14.3. The van der Waals surface area contributed by atoms with E-state index in [1.54, 1.807) is 6.07 Å². The van der Waals surface area contributed by atoms with Crippen molar-refractivity contribution in [2.24, 2.45) is 5.73 Å². The van der Waals surface area contributed by atoms with Gasteiger partial charge < -0.3 is 16.6 Å². The lowest BCUT2D eigenvalue weighted by Gasteiger charge is -2.09. The van der Waals surface area contributed by atoms with E-state index in [9.17, 15) is 4.79 Å². The van der Waals surface area contributed by atoms with Crippen LogP contribution in [0.2, 0.25) is 0 Å². The monoisotopic (exact) mass is 307 g/mol. The predicted octanol–water partition coefficient (Wildman–Crippen LogP) is 0.743. The van der Waals surface area contributed by atoms with Gasteiger partial charge in [-0.25, -0.2) is 4.98 Å². The van der Waals surface area contributed by atoms with Crippen LogP contribution in [0.1, 0.15) is 18.0 Å². The number of nitrogens with two attached hydrogens (primary N) is 2. The summed E-state index contributed by atoms with van der Waals surface area (Å²) < 4.78 is 0.779. The Morgan fingerprint density at radius 2 is 2.36 bits per heavy atom. The molecule has 6 heteroatoms. The third kappa shape index (κ3) is 2.81. The van der Waals surface area contributed by atoms with Gasteiger partial charge in [0.25, 0.3) is 0 Å². The molecule has 0 aliphatic rings. The van der Waals surface area contributed by atoms with Gasteiger partial charge in [-0.1, -0.05) is 0 Å². The lowest BCUT2D eigenvalue weighted by molar-refractivity contribution is -0.137. The van der Waals surface area contributed by atoms with Crippen LogP contribution in [0, 0.1) is 3.57 Å². The largest absolute Gasteiger partial charge is 0.481 e. The molecule has 1 rings (SSSR count). The van der Waals surface area contributed by atoms with E-state index in [4.69, 9.17) is 16.6 Å². The van der Waals surface area contributed by atoms with Crippen LogP contribution in [-0.2, 0) is 4.79 Å². The van der Waals surface area contributed by atoms with Gasteiger partial charge in [-0.15, -0.1) is 0 Å². The standard InChI is InChI=1S/C8H10IN3O2/c9-5-1-4(3-12-8(5)11)6(10)2-7(13)14/h1,3,6H,2,10H2,(H2,11,12)(H,13,14)/t6-/m1/s1. The van der Waals surface area contributed by atoms with Crippen molar-refractivity contribution in [1.29, 1.82) is 0 Å². The Morgan fingerprint density at radius 3 is 2.86 bits per heavy atom. The number of aliphatic carboxylic acids is 1. The minimum atomic E-state index is -0.927. The Bertz CT molecular complexity index is 356. The number of anilines is 1. The molecule has 0 unspecified atom stereocenters. The molecule has 1 atom stereocenters. The molecule has 0 aliphatic heterocycles. The zero-order valence-corrected chi connectivity index (χ0v) is 9.43. The highest BCUT2D eigenvalue weighted by Crippen LogP contribution is 2.19. The van der Waals surface area contributed by atoms with Crippen LogP contribution in [0.25, 0.3) is 0 Å². The van der Waals surface area contributed by atoms with E-state index in [-0.39, 0.29) is 6.42 Å². The predicted molar refractivity (Wildman–Crippen MR) is 60.5 cm³/mol. The lowest BCUT2D eigenvalue weighted by atomic mass is 10.1. The molecule has 0 aromatic carbocycles. The molecule has 0 aliphatic carbocycles. The number of hydrogen-bond acceptors (Lipinski definition) is 4. The summed E-state index contributed by atoms with van der Waals surface area (Å²) in [6, 6.07) is 1.21. The van der Waals surface area contributed by atoms with E-state index in [2.05, 4.69) is 4.98 Å². The van der Waals surface area contributed by atoms with Crippen molar-refractivity contribution in [2.75, 3.05) is 5.73 Å². The molecule has 5 N–H and O–H groups in total. The molecule has 76 valence electrons. The molecule has 14 heavy (non-hydrogen) atoms. The number of pyridine rings is 1. The highest BCUT2D eigenvalue weighted by molar-refractivity contribution is 14.1. The van der Waals surface area contributed by atoms with Crippen molar-refractivity contribution in [3.63, 3.8) is 0 Å². The van der Waals surface area contributed by atoms with Crippen molar-refractivity contribution in [2.45, 2.75) is 12.5 Å². The van der Waals surface area contributed by atoms with Gasteiger partial charge in [-0.3, -0.25) is 4.79 Å². The zero-order chi connectivity index (χ0) is 10.7. The number of nitrogens with zero attached hydrogens (tertiary/aromatic N) is 1. The second-order valence-corrected chi connectivity index (χ2v) is 4.00. The third-order valence-electron chi connectivity index (χ3n) is 1.71. The molecule has 1 aromatic rings. The molecular weight excluding hydrogens is 297 g/mol. The highest BCUT2D eigenvalue weighted by Gasteiger charge is 2.11. The third-order valence-corrected chi connectivity index (χ3v) is 2.58. The number of halogens is 1. The van der Waals surface area contributed by atoms with Gasteiger partial charge in [-0.2, -0.15) is 0 Å². The first-order valence-electron chi connectivity index (χ1n) is 3.89. The topological polar surface area (TPSA) is 102 Å². The van der Waals surface area contributed by atoms with Gasteiger partial charge in [0.05, 0.1) is 9.99 Å². The molecule has 1 aromatic heterocycles. The number of aromatic nitrogens is 1. The normalized spacial score (nSPS) is 12.4. The Morgan fingerprint density at radius 1 is 1.71 bits per heavy atom. The Labute approximate surface area is 94.6 Å². The van der Waals surface area contributed by atoms with Crippen molar-refractivity contribution in [3.05, 3.63) is 21.4 Å². The first-order chi connectivity index (χ1) is 6.50. The molecule has 0 bridgehead atoms. The molecule has 0 saturated carbocycles. The molecule has 0 radical (unpaired) electrons. The first kappa shape index (κ1) is 11.2. The number of rotatable bonds is 3. The summed E-state index contributed by atoms with van der Waals surface area (Å²) in [5.41, 5.74) is 11.9. The van der Waals surface area contributed by atoms with Gasteiger partial charge >= 0.3 is 5.97 Å². The van der Waals surface area contributed by atoms with Crippen molar-refractivity contribution in [1.82, 2.24) is 4.98 Å². The smallest absolute Gasteiger partial charge is 0.305 e. The quantitative estimate of drug-likeness (QED) is 0.715. The van der Waals surface area contributed by atoms with Crippen LogP contribution in [0.15, 0.2) is 12.3 Å². The van der Waals surface area contributed by atoms with E-state index < -0.39 is 12.0 Å². The van der Waals surface area contributed by atoms with Crippen molar-refractivity contribution < 1.29 is 9.90 Å². The molecule has 0 amide bonds. The molecule has 0 fully saturated rings. The van der Waals surface area contributed by atoms with Crippen LogP contribution >= 0.6 is 22.6 Å². The summed E-state index contributed by atoms with van der Waals surface area (Å²) in [7, 11) is 0. The second-order valence-electron chi connectivity index (χ2n) is 2.84. The van der Waals surface area contributed by atoms with Crippen LogP contribution in [0.5, 0.6) is 0 Å². The number of carboxylic acids is 1. The number of carboxylic acid groups (broad SMARTS) is 1. The van der Waals surface area contributed by atoms with Gasteiger partial charge in [0.2, 0.25) is 0 Å².